The topological polar surface area (TPSA) is 140 Å². The summed E-state index contributed by atoms with van der Waals surface area (Å²) in [5.74, 6) is -5.66. The molecule has 1 aliphatic heterocycles. The molecule has 9 atom stereocenters. The zero-order valence-corrected chi connectivity index (χ0v) is 21.3. The van der Waals surface area contributed by atoms with Gasteiger partial charge in [-0.15, -0.1) is 0 Å². The maximum Gasteiger partial charge on any atom is 0.335 e. The number of aliphatic hydroxyl groups excluding tert-OH is 1. The first-order valence-electron chi connectivity index (χ1n) is 12.5. The van der Waals surface area contributed by atoms with E-state index in [0.29, 0.717) is 18.4 Å². The molecule has 3 saturated carbocycles. The van der Waals surface area contributed by atoms with Crippen LogP contribution in [0.4, 0.5) is 0 Å². The van der Waals surface area contributed by atoms with E-state index in [9.17, 15) is 29.4 Å². The van der Waals surface area contributed by atoms with Crippen LogP contribution in [0.2, 0.25) is 0 Å². The summed E-state index contributed by atoms with van der Waals surface area (Å²) in [7, 11) is 1.14. The van der Waals surface area contributed by atoms with Crippen molar-refractivity contribution >= 4 is 23.5 Å². The van der Waals surface area contributed by atoms with Crippen LogP contribution in [0.3, 0.4) is 0 Å². The highest BCUT2D eigenvalue weighted by molar-refractivity contribution is 6.11. The van der Waals surface area contributed by atoms with Gasteiger partial charge in [0.2, 0.25) is 0 Å². The second-order valence-electron chi connectivity index (χ2n) is 12.2. The molecule has 1 saturated heterocycles. The van der Waals surface area contributed by atoms with Gasteiger partial charge in [0, 0.05) is 39.6 Å². The Balaban J connectivity index is 1.66. The lowest BCUT2D eigenvalue weighted by Crippen LogP contribution is -2.75. The number of methoxy groups -OCH3 is 1. The van der Waals surface area contributed by atoms with Gasteiger partial charge in [0.1, 0.15) is 17.7 Å². The molecule has 9 unspecified atom stereocenters. The van der Waals surface area contributed by atoms with Crippen LogP contribution in [0.1, 0.15) is 65.0 Å². The van der Waals surface area contributed by atoms with Gasteiger partial charge < -0.3 is 24.1 Å². The quantitative estimate of drug-likeness (QED) is 0.471. The van der Waals surface area contributed by atoms with Crippen LogP contribution in [0.15, 0.2) is 23.0 Å². The van der Waals surface area contributed by atoms with Crippen LogP contribution in [0, 0.1) is 39.9 Å². The highest BCUT2D eigenvalue weighted by Crippen LogP contribution is 2.70. The van der Waals surface area contributed by atoms with E-state index in [-0.39, 0.29) is 18.6 Å². The number of ether oxygens (including phenoxy) is 2. The third kappa shape index (κ3) is 2.96. The first kappa shape index (κ1) is 25.1. The largest absolute Gasteiger partial charge is 0.472 e. The van der Waals surface area contributed by atoms with Crippen molar-refractivity contribution in [1.29, 1.82) is 0 Å². The van der Waals surface area contributed by atoms with E-state index in [1.54, 1.807) is 26.8 Å². The van der Waals surface area contributed by atoms with Gasteiger partial charge in [0.15, 0.2) is 6.10 Å². The maximum atomic E-state index is 13.9. The van der Waals surface area contributed by atoms with Crippen LogP contribution < -0.4 is 0 Å². The molecule has 5 rings (SSSR count). The van der Waals surface area contributed by atoms with E-state index < -0.39 is 75.4 Å². The van der Waals surface area contributed by atoms with Crippen LogP contribution in [0.5, 0.6) is 0 Å². The molecule has 1 aromatic rings. The van der Waals surface area contributed by atoms with Crippen molar-refractivity contribution in [3.63, 3.8) is 0 Å². The number of aliphatic hydroxyl groups is 2. The number of rotatable bonds is 3. The number of cyclic esters (lactones) is 1. The smallest absolute Gasteiger partial charge is 0.335 e. The number of hydrogen-bond donors (Lipinski definition) is 2. The van der Waals surface area contributed by atoms with Gasteiger partial charge in [0.25, 0.3) is 0 Å². The van der Waals surface area contributed by atoms with Gasteiger partial charge in [-0.3, -0.25) is 14.4 Å². The van der Waals surface area contributed by atoms with Crippen LogP contribution >= 0.6 is 0 Å². The summed E-state index contributed by atoms with van der Waals surface area (Å²) in [6.45, 7) is 6.93. The molecular formula is C27H34O9. The Hall–Kier alpha value is -2.52. The van der Waals surface area contributed by atoms with Crippen molar-refractivity contribution in [2.75, 3.05) is 7.11 Å². The lowest BCUT2D eigenvalue weighted by molar-refractivity contribution is -0.266. The molecule has 2 bridgehead atoms. The van der Waals surface area contributed by atoms with E-state index in [0.717, 1.165) is 7.11 Å². The second kappa shape index (κ2) is 7.74. The van der Waals surface area contributed by atoms with Crippen LogP contribution in [-0.4, -0.2) is 52.5 Å². The number of carbonyl (C=O) groups is 4. The van der Waals surface area contributed by atoms with E-state index >= 15 is 0 Å². The molecule has 9 nitrogen and oxygen atoms in total. The fourth-order valence-corrected chi connectivity index (χ4v) is 8.75. The molecular weight excluding hydrogens is 468 g/mol. The van der Waals surface area contributed by atoms with Crippen LogP contribution in [0.25, 0.3) is 0 Å². The summed E-state index contributed by atoms with van der Waals surface area (Å²) in [6.07, 6.45) is 1.40. The number of furan rings is 1. The normalized spacial score (nSPS) is 44.2. The number of ketones is 2. The Morgan fingerprint density at radius 2 is 1.83 bits per heavy atom. The Kier molecular flexibility index (Phi) is 5.41. The van der Waals surface area contributed by atoms with Gasteiger partial charge in [-0.1, -0.05) is 27.7 Å². The molecule has 3 aliphatic carbocycles. The maximum absolute atomic E-state index is 13.9. The average Bonchev–Trinajstić information content (AvgIpc) is 3.35. The zero-order valence-electron chi connectivity index (χ0n) is 21.3. The van der Waals surface area contributed by atoms with Gasteiger partial charge in [-0.25, -0.2) is 4.79 Å². The first-order chi connectivity index (χ1) is 16.7. The fourth-order valence-electron chi connectivity index (χ4n) is 8.75. The Morgan fingerprint density at radius 3 is 2.44 bits per heavy atom. The van der Waals surface area contributed by atoms with Gasteiger partial charge >= 0.3 is 11.9 Å². The number of esters is 2. The molecule has 9 heteroatoms. The summed E-state index contributed by atoms with van der Waals surface area (Å²) in [6, 6.07) is 1.73. The highest BCUT2D eigenvalue weighted by Gasteiger charge is 2.76. The molecule has 2 heterocycles. The lowest BCUT2D eigenvalue weighted by atomic mass is 9.36. The number of hydrogen-bond acceptors (Lipinski definition) is 9. The van der Waals surface area contributed by atoms with E-state index in [1.165, 1.54) is 12.5 Å². The monoisotopic (exact) mass is 502 g/mol. The zero-order chi connectivity index (χ0) is 26.4. The SMILES string of the molecule is COC(=O)C(O)C1C(C)(C)C(=O)C2CC3(O)C4CC(=O)OC(c5ccoc5)C4(C)CCC3C1(C)C2=O. The molecule has 0 spiro atoms. The summed E-state index contributed by atoms with van der Waals surface area (Å²) < 4.78 is 15.8. The van der Waals surface area contributed by atoms with Crippen molar-refractivity contribution < 1.29 is 43.3 Å². The third-order valence-electron chi connectivity index (χ3n) is 10.3. The fraction of sp³-hybridized carbons (Fsp3) is 0.704. The van der Waals surface area contributed by atoms with Gasteiger partial charge in [0.05, 0.1) is 37.6 Å². The number of fused-ring (bicyclic) bond motifs is 6. The average molecular weight is 503 g/mol. The van der Waals surface area contributed by atoms with Crippen molar-refractivity contribution in [2.24, 2.45) is 39.9 Å². The molecule has 0 radical (unpaired) electrons. The summed E-state index contributed by atoms with van der Waals surface area (Å²) in [5, 5.41) is 23.6. The number of carbonyl (C=O) groups excluding carboxylic acids is 4. The molecule has 1 aromatic heterocycles. The van der Waals surface area contributed by atoms with Crippen molar-refractivity contribution in [2.45, 2.75) is 71.2 Å². The van der Waals surface area contributed by atoms with E-state index in [4.69, 9.17) is 13.9 Å². The lowest BCUT2D eigenvalue weighted by Gasteiger charge is -2.68. The van der Waals surface area contributed by atoms with Crippen molar-refractivity contribution in [3.05, 3.63) is 24.2 Å². The molecule has 196 valence electrons. The first-order valence-corrected chi connectivity index (χ1v) is 12.5. The van der Waals surface area contributed by atoms with E-state index in [2.05, 4.69) is 0 Å². The predicted octanol–water partition coefficient (Wildman–Crippen LogP) is 2.39. The minimum Gasteiger partial charge on any atom is -0.472 e. The van der Waals surface area contributed by atoms with Gasteiger partial charge in [-0.2, -0.15) is 0 Å². The molecule has 0 amide bonds. The van der Waals surface area contributed by atoms with Crippen molar-refractivity contribution in [3.8, 4) is 0 Å². The molecule has 4 aliphatic rings. The second-order valence-corrected chi connectivity index (χ2v) is 12.2. The minimum atomic E-state index is -1.73. The summed E-state index contributed by atoms with van der Waals surface area (Å²) >= 11 is 0. The van der Waals surface area contributed by atoms with Gasteiger partial charge in [-0.05, 0) is 25.3 Å². The Bertz CT molecular complexity index is 1120. The number of Topliss-reactive ketones (excluding diaryl/α,β-unsaturated/α-hetero) is 2. The minimum absolute atomic E-state index is 0.0589. The third-order valence-corrected chi connectivity index (χ3v) is 10.3. The van der Waals surface area contributed by atoms with E-state index in [1.807, 2.05) is 6.92 Å². The van der Waals surface area contributed by atoms with Crippen LogP contribution in [-0.2, 0) is 28.7 Å². The van der Waals surface area contributed by atoms with Crippen molar-refractivity contribution in [1.82, 2.24) is 0 Å². The highest BCUT2D eigenvalue weighted by atomic mass is 16.5. The standard InChI is InChI=1S/C27H34O9/c1-24(2)19(18(29)23(32)34-5)26(4)15-6-8-25(3)16(27(15,33)11-14(20(24)30)21(26)31)10-17(28)36-22(25)13-7-9-35-12-13/h7,9,12,14-16,18-19,22,29,33H,6,8,10-11H2,1-5H3. The molecule has 0 aromatic carbocycles. The Labute approximate surface area is 209 Å². The molecule has 2 N–H and O–H groups in total. The summed E-state index contributed by atoms with van der Waals surface area (Å²) in [4.78, 5) is 53.0. The molecule has 36 heavy (non-hydrogen) atoms. The Morgan fingerprint density at radius 1 is 1.14 bits per heavy atom. The summed E-state index contributed by atoms with van der Waals surface area (Å²) in [5.41, 5.74) is -4.16. The predicted molar refractivity (Wildman–Crippen MR) is 123 cm³/mol. The molecule has 4 fully saturated rings.